The first-order valence-corrected chi connectivity index (χ1v) is 5.15. The van der Waals surface area contributed by atoms with Crippen LogP contribution in [-0.4, -0.2) is 29.3 Å². The van der Waals surface area contributed by atoms with E-state index in [-0.39, 0.29) is 30.2 Å². The number of carboxylic acid groups (broad SMARTS) is 1. The zero-order valence-corrected chi connectivity index (χ0v) is 9.27. The fourth-order valence-corrected chi connectivity index (χ4v) is 1.85. The number of carbonyl (C=O) groups excluding carboxylic acids is 2. The van der Waals surface area contributed by atoms with Crippen LogP contribution in [0.3, 0.4) is 0 Å². The monoisotopic (exact) mass is 233 g/mol. The van der Waals surface area contributed by atoms with Crippen molar-refractivity contribution in [2.45, 2.75) is 13.3 Å². The van der Waals surface area contributed by atoms with Gasteiger partial charge in [-0.15, -0.1) is 0 Å². The standard InChI is InChI=1S/C12H11NO4/c1-7-2-3-9(12(16)17)10(4-7)13-6-8(14)5-11(13)15/h2-4H,5-6H2,1H3,(H,16,17). The van der Waals surface area contributed by atoms with Gasteiger partial charge < -0.3 is 10.0 Å². The van der Waals surface area contributed by atoms with Crippen molar-refractivity contribution < 1.29 is 19.5 Å². The van der Waals surface area contributed by atoms with Crippen LogP contribution in [0.5, 0.6) is 0 Å². The Morgan fingerprint density at radius 3 is 2.59 bits per heavy atom. The Balaban J connectivity index is 2.50. The van der Waals surface area contributed by atoms with Crippen LogP contribution in [-0.2, 0) is 9.59 Å². The number of benzene rings is 1. The fraction of sp³-hybridized carbons (Fsp3) is 0.250. The maximum absolute atomic E-state index is 11.6. The van der Waals surface area contributed by atoms with E-state index in [9.17, 15) is 14.4 Å². The molecule has 1 fully saturated rings. The number of hydrogen-bond acceptors (Lipinski definition) is 3. The molecule has 1 aromatic carbocycles. The summed E-state index contributed by atoms with van der Waals surface area (Å²) in [5.74, 6) is -1.64. The second-order valence-corrected chi connectivity index (χ2v) is 4.02. The number of Topliss-reactive ketones (excluding diaryl/α,β-unsaturated/α-hetero) is 1. The van der Waals surface area contributed by atoms with Crippen LogP contribution >= 0.6 is 0 Å². The predicted octanol–water partition coefficient (Wildman–Crippen LogP) is 0.999. The number of carbonyl (C=O) groups is 3. The van der Waals surface area contributed by atoms with E-state index in [1.165, 1.54) is 11.0 Å². The second kappa shape index (κ2) is 4.01. The number of ketones is 1. The Morgan fingerprint density at radius 1 is 1.35 bits per heavy atom. The molecule has 0 aromatic heterocycles. The smallest absolute Gasteiger partial charge is 0.337 e. The lowest BCUT2D eigenvalue weighted by atomic mass is 10.1. The summed E-state index contributed by atoms with van der Waals surface area (Å²) in [7, 11) is 0. The number of aromatic carboxylic acids is 1. The molecule has 5 heteroatoms. The van der Waals surface area contributed by atoms with Gasteiger partial charge in [0.15, 0.2) is 5.78 Å². The van der Waals surface area contributed by atoms with Gasteiger partial charge in [0.25, 0.3) is 0 Å². The Hall–Kier alpha value is -2.17. The van der Waals surface area contributed by atoms with E-state index in [1.54, 1.807) is 19.1 Å². The van der Waals surface area contributed by atoms with Crippen LogP contribution in [0.1, 0.15) is 22.3 Å². The third-order valence-electron chi connectivity index (χ3n) is 2.66. The largest absolute Gasteiger partial charge is 0.478 e. The number of anilines is 1. The third-order valence-corrected chi connectivity index (χ3v) is 2.66. The molecule has 1 N–H and O–H groups in total. The van der Waals surface area contributed by atoms with E-state index < -0.39 is 5.97 Å². The van der Waals surface area contributed by atoms with Crippen LogP contribution in [0.4, 0.5) is 5.69 Å². The third kappa shape index (κ3) is 2.04. The molecule has 0 saturated carbocycles. The van der Waals surface area contributed by atoms with Gasteiger partial charge in [-0.05, 0) is 24.6 Å². The summed E-state index contributed by atoms with van der Waals surface area (Å²) < 4.78 is 0. The molecule has 1 saturated heterocycles. The lowest BCUT2D eigenvalue weighted by Crippen LogP contribution is -2.26. The molecular weight excluding hydrogens is 222 g/mol. The molecule has 0 radical (unpaired) electrons. The number of rotatable bonds is 2. The summed E-state index contributed by atoms with van der Waals surface area (Å²) in [6.07, 6.45) is -0.146. The van der Waals surface area contributed by atoms with E-state index >= 15 is 0 Å². The van der Waals surface area contributed by atoms with E-state index in [1.807, 2.05) is 0 Å². The Kier molecular flexibility index (Phi) is 2.67. The number of hydrogen-bond donors (Lipinski definition) is 1. The van der Waals surface area contributed by atoms with E-state index in [2.05, 4.69) is 0 Å². The van der Waals surface area contributed by atoms with E-state index in [4.69, 9.17) is 5.11 Å². The first-order chi connectivity index (χ1) is 7.99. The first kappa shape index (κ1) is 11.3. The summed E-state index contributed by atoms with van der Waals surface area (Å²) in [6, 6.07) is 4.72. The van der Waals surface area contributed by atoms with Crippen molar-refractivity contribution in [2.75, 3.05) is 11.4 Å². The summed E-state index contributed by atoms with van der Waals surface area (Å²) in [4.78, 5) is 35.1. The lowest BCUT2D eigenvalue weighted by Gasteiger charge is -2.17. The molecular formula is C12H11NO4. The van der Waals surface area contributed by atoms with Crippen molar-refractivity contribution in [2.24, 2.45) is 0 Å². The van der Waals surface area contributed by atoms with Crippen molar-refractivity contribution in [3.63, 3.8) is 0 Å². The highest BCUT2D eigenvalue weighted by Gasteiger charge is 2.31. The van der Waals surface area contributed by atoms with Gasteiger partial charge in [-0.25, -0.2) is 4.79 Å². The molecule has 5 nitrogen and oxygen atoms in total. The molecule has 0 bridgehead atoms. The Labute approximate surface area is 97.7 Å². The SMILES string of the molecule is Cc1ccc(C(=O)O)c(N2CC(=O)CC2=O)c1. The van der Waals surface area contributed by atoms with Crippen LogP contribution in [0.15, 0.2) is 18.2 Å². The number of amides is 1. The number of aryl methyl sites for hydroxylation is 1. The average molecular weight is 233 g/mol. The van der Waals surface area contributed by atoms with Gasteiger partial charge in [-0.1, -0.05) is 6.07 Å². The summed E-state index contributed by atoms with van der Waals surface area (Å²) in [5.41, 5.74) is 1.18. The second-order valence-electron chi connectivity index (χ2n) is 4.02. The quantitative estimate of drug-likeness (QED) is 0.773. The van der Waals surface area contributed by atoms with Gasteiger partial charge in [0.1, 0.15) is 0 Å². The van der Waals surface area contributed by atoms with Crippen LogP contribution in [0.25, 0.3) is 0 Å². The van der Waals surface area contributed by atoms with Gasteiger partial charge in [-0.2, -0.15) is 0 Å². The van der Waals surface area contributed by atoms with Gasteiger partial charge >= 0.3 is 5.97 Å². The van der Waals surface area contributed by atoms with Gasteiger partial charge in [0, 0.05) is 0 Å². The van der Waals surface area contributed by atoms with Crippen LogP contribution in [0, 0.1) is 6.92 Å². The average Bonchev–Trinajstić information content (AvgIpc) is 2.57. The van der Waals surface area contributed by atoms with E-state index in [0.29, 0.717) is 5.69 Å². The van der Waals surface area contributed by atoms with Crippen molar-refractivity contribution >= 4 is 23.3 Å². The van der Waals surface area contributed by atoms with Crippen molar-refractivity contribution in [1.82, 2.24) is 0 Å². The zero-order chi connectivity index (χ0) is 12.6. The van der Waals surface area contributed by atoms with E-state index in [0.717, 1.165) is 5.56 Å². The van der Waals surface area contributed by atoms with Crippen molar-refractivity contribution in [3.05, 3.63) is 29.3 Å². The maximum atomic E-state index is 11.6. The molecule has 1 aromatic rings. The van der Waals surface area contributed by atoms with Gasteiger partial charge in [0.05, 0.1) is 24.2 Å². The van der Waals surface area contributed by atoms with Gasteiger partial charge in [0.2, 0.25) is 5.91 Å². The molecule has 1 aliphatic heterocycles. The molecule has 1 amide bonds. The predicted molar refractivity (Wildman–Crippen MR) is 60.1 cm³/mol. The molecule has 0 spiro atoms. The number of nitrogens with zero attached hydrogens (tertiary/aromatic N) is 1. The highest BCUT2D eigenvalue weighted by atomic mass is 16.4. The van der Waals surface area contributed by atoms with Crippen molar-refractivity contribution in [3.8, 4) is 0 Å². The minimum atomic E-state index is -1.10. The molecule has 2 rings (SSSR count). The topological polar surface area (TPSA) is 74.7 Å². The highest BCUT2D eigenvalue weighted by Crippen LogP contribution is 2.25. The van der Waals surface area contributed by atoms with Crippen LogP contribution in [0.2, 0.25) is 0 Å². The lowest BCUT2D eigenvalue weighted by molar-refractivity contribution is -0.121. The number of carboxylic acids is 1. The molecule has 0 unspecified atom stereocenters. The summed E-state index contributed by atoms with van der Waals surface area (Å²) >= 11 is 0. The first-order valence-electron chi connectivity index (χ1n) is 5.15. The Morgan fingerprint density at radius 2 is 2.06 bits per heavy atom. The zero-order valence-electron chi connectivity index (χ0n) is 9.27. The normalized spacial score (nSPS) is 15.5. The van der Waals surface area contributed by atoms with Crippen molar-refractivity contribution in [1.29, 1.82) is 0 Å². The molecule has 1 heterocycles. The molecule has 17 heavy (non-hydrogen) atoms. The molecule has 88 valence electrons. The molecule has 0 atom stereocenters. The molecule has 1 aliphatic rings. The highest BCUT2D eigenvalue weighted by molar-refractivity contribution is 6.16. The minimum Gasteiger partial charge on any atom is -0.478 e. The van der Waals surface area contributed by atoms with Crippen LogP contribution < -0.4 is 4.90 Å². The summed E-state index contributed by atoms with van der Waals surface area (Å²) in [5, 5.41) is 9.05. The van der Waals surface area contributed by atoms with Gasteiger partial charge in [-0.3, -0.25) is 9.59 Å². The molecule has 0 aliphatic carbocycles. The minimum absolute atomic E-state index is 0.0391. The Bertz CT molecular complexity index is 521. The summed E-state index contributed by atoms with van der Waals surface area (Å²) in [6.45, 7) is 1.76. The maximum Gasteiger partial charge on any atom is 0.337 e. The fourth-order valence-electron chi connectivity index (χ4n) is 1.85.